The van der Waals surface area contributed by atoms with Crippen LogP contribution < -0.4 is 0 Å². The van der Waals surface area contributed by atoms with Crippen LogP contribution in [0.2, 0.25) is 0 Å². The van der Waals surface area contributed by atoms with Gasteiger partial charge in [0.15, 0.2) is 5.78 Å². The number of hydrogen-bond donors (Lipinski definition) is 1. The number of rotatable bonds is 6. The molecular formula is C12H18O2S2. The van der Waals surface area contributed by atoms with Crippen LogP contribution in [0.1, 0.15) is 27.0 Å². The SMILES string of the molecule is Cc1cc(C(=O)CSCC(C)CO)c(C)s1. The molecule has 0 aliphatic carbocycles. The molecule has 0 aromatic carbocycles. The maximum absolute atomic E-state index is 11.9. The van der Waals surface area contributed by atoms with Gasteiger partial charge in [-0.2, -0.15) is 11.8 Å². The van der Waals surface area contributed by atoms with E-state index in [1.165, 1.54) is 4.88 Å². The van der Waals surface area contributed by atoms with Gasteiger partial charge >= 0.3 is 0 Å². The Morgan fingerprint density at radius 1 is 1.56 bits per heavy atom. The number of thiophene rings is 1. The van der Waals surface area contributed by atoms with Crippen molar-refractivity contribution in [2.75, 3.05) is 18.1 Å². The zero-order chi connectivity index (χ0) is 12.1. The van der Waals surface area contributed by atoms with Crippen LogP contribution >= 0.6 is 23.1 Å². The van der Waals surface area contributed by atoms with Crippen molar-refractivity contribution in [1.82, 2.24) is 0 Å². The van der Waals surface area contributed by atoms with E-state index in [1.54, 1.807) is 23.1 Å². The summed E-state index contributed by atoms with van der Waals surface area (Å²) in [5, 5.41) is 8.87. The van der Waals surface area contributed by atoms with Crippen molar-refractivity contribution in [3.63, 3.8) is 0 Å². The van der Waals surface area contributed by atoms with E-state index in [0.29, 0.717) is 5.75 Å². The van der Waals surface area contributed by atoms with Crippen LogP contribution in [0.5, 0.6) is 0 Å². The van der Waals surface area contributed by atoms with Crippen molar-refractivity contribution in [2.45, 2.75) is 20.8 Å². The summed E-state index contributed by atoms with van der Waals surface area (Å²) in [4.78, 5) is 14.2. The molecule has 0 aliphatic heterocycles. The highest BCUT2D eigenvalue weighted by Crippen LogP contribution is 2.22. The van der Waals surface area contributed by atoms with Gasteiger partial charge in [-0.05, 0) is 31.6 Å². The summed E-state index contributed by atoms with van der Waals surface area (Å²) in [5.41, 5.74) is 0.867. The Hall–Kier alpha value is -0.320. The number of carbonyl (C=O) groups is 1. The lowest BCUT2D eigenvalue weighted by Crippen LogP contribution is -2.08. The first-order valence-electron chi connectivity index (χ1n) is 5.33. The monoisotopic (exact) mass is 258 g/mol. The van der Waals surface area contributed by atoms with Gasteiger partial charge in [0.05, 0.1) is 5.75 Å². The number of aliphatic hydroxyl groups is 1. The molecule has 2 nitrogen and oxygen atoms in total. The van der Waals surface area contributed by atoms with Gasteiger partial charge in [-0.3, -0.25) is 4.79 Å². The Balaban J connectivity index is 2.44. The number of carbonyl (C=O) groups excluding carboxylic acids is 1. The standard InChI is InChI=1S/C12H18O2S2/c1-8(5-13)6-15-7-12(14)11-4-9(2)16-10(11)3/h4,8,13H,5-7H2,1-3H3. The van der Waals surface area contributed by atoms with Crippen molar-refractivity contribution < 1.29 is 9.90 Å². The summed E-state index contributed by atoms with van der Waals surface area (Å²) in [5.74, 6) is 1.83. The maximum atomic E-state index is 11.9. The topological polar surface area (TPSA) is 37.3 Å². The molecule has 0 radical (unpaired) electrons. The molecule has 4 heteroatoms. The Bertz CT molecular complexity index is 358. The predicted molar refractivity (Wildman–Crippen MR) is 71.7 cm³/mol. The van der Waals surface area contributed by atoms with E-state index in [9.17, 15) is 4.79 Å². The summed E-state index contributed by atoms with van der Waals surface area (Å²) < 4.78 is 0. The lowest BCUT2D eigenvalue weighted by Gasteiger charge is -2.06. The van der Waals surface area contributed by atoms with Gasteiger partial charge < -0.3 is 5.11 Å². The van der Waals surface area contributed by atoms with Gasteiger partial charge in [0, 0.05) is 21.9 Å². The molecule has 0 bridgehead atoms. The van der Waals surface area contributed by atoms with E-state index < -0.39 is 0 Å². The average Bonchev–Trinajstić information content (AvgIpc) is 2.57. The summed E-state index contributed by atoms with van der Waals surface area (Å²) in [6.07, 6.45) is 0. The van der Waals surface area contributed by atoms with Crippen LogP contribution in [0, 0.1) is 19.8 Å². The van der Waals surface area contributed by atoms with Crippen LogP contribution in [-0.2, 0) is 0 Å². The zero-order valence-corrected chi connectivity index (χ0v) is 11.6. The number of ketones is 1. The third-order valence-electron chi connectivity index (χ3n) is 2.29. The van der Waals surface area contributed by atoms with E-state index in [-0.39, 0.29) is 18.3 Å². The lowest BCUT2D eigenvalue weighted by molar-refractivity contribution is 0.102. The van der Waals surface area contributed by atoms with Gasteiger partial charge in [-0.1, -0.05) is 6.92 Å². The van der Waals surface area contributed by atoms with Gasteiger partial charge in [0.2, 0.25) is 0 Å². The first-order chi connectivity index (χ1) is 7.54. The summed E-state index contributed by atoms with van der Waals surface area (Å²) in [7, 11) is 0. The molecule has 90 valence electrons. The molecule has 1 heterocycles. The number of hydrogen-bond acceptors (Lipinski definition) is 4. The molecule has 1 atom stereocenters. The lowest BCUT2D eigenvalue weighted by atomic mass is 10.2. The molecule has 0 aliphatic rings. The Labute approximate surface area is 105 Å². The minimum absolute atomic E-state index is 0.192. The fourth-order valence-electron chi connectivity index (χ4n) is 1.39. The summed E-state index contributed by atoms with van der Waals surface area (Å²) in [6, 6.07) is 1.97. The molecule has 0 amide bonds. The van der Waals surface area contributed by atoms with Crippen LogP contribution in [-0.4, -0.2) is 29.0 Å². The molecule has 1 unspecified atom stereocenters. The molecule has 0 spiro atoms. The van der Waals surface area contributed by atoms with E-state index >= 15 is 0 Å². The molecule has 0 saturated heterocycles. The fourth-order valence-corrected chi connectivity index (χ4v) is 3.30. The molecule has 16 heavy (non-hydrogen) atoms. The second-order valence-electron chi connectivity index (χ2n) is 4.05. The van der Waals surface area contributed by atoms with Gasteiger partial charge in [0.25, 0.3) is 0 Å². The van der Waals surface area contributed by atoms with Gasteiger partial charge in [-0.15, -0.1) is 11.3 Å². The number of Topliss-reactive ketones (excluding diaryl/α,β-unsaturated/α-hetero) is 1. The minimum atomic E-state index is 0.192. The van der Waals surface area contributed by atoms with E-state index in [1.807, 2.05) is 26.8 Å². The van der Waals surface area contributed by atoms with Crippen LogP contribution in [0.4, 0.5) is 0 Å². The Kier molecular flexibility index (Phi) is 5.52. The zero-order valence-electron chi connectivity index (χ0n) is 9.95. The highest BCUT2D eigenvalue weighted by molar-refractivity contribution is 7.99. The van der Waals surface area contributed by atoms with Crippen molar-refractivity contribution in [2.24, 2.45) is 5.92 Å². The minimum Gasteiger partial charge on any atom is -0.396 e. The van der Waals surface area contributed by atoms with Crippen molar-refractivity contribution in [3.05, 3.63) is 21.4 Å². The van der Waals surface area contributed by atoms with Gasteiger partial charge in [-0.25, -0.2) is 0 Å². The molecule has 1 aromatic rings. The Morgan fingerprint density at radius 3 is 2.75 bits per heavy atom. The smallest absolute Gasteiger partial charge is 0.173 e. The van der Waals surface area contributed by atoms with E-state index in [2.05, 4.69) is 0 Å². The third kappa shape index (κ3) is 3.92. The third-order valence-corrected chi connectivity index (χ3v) is 4.53. The average molecular weight is 258 g/mol. The fraction of sp³-hybridized carbons (Fsp3) is 0.583. The van der Waals surface area contributed by atoms with Crippen LogP contribution in [0.25, 0.3) is 0 Å². The summed E-state index contributed by atoms with van der Waals surface area (Å²) >= 11 is 3.27. The number of aliphatic hydroxyl groups excluding tert-OH is 1. The summed E-state index contributed by atoms with van der Waals surface area (Å²) in [6.45, 7) is 6.19. The van der Waals surface area contributed by atoms with Crippen molar-refractivity contribution in [3.8, 4) is 0 Å². The predicted octanol–water partition coefficient (Wildman–Crippen LogP) is 2.91. The molecular weight excluding hydrogens is 240 g/mol. The second-order valence-corrected chi connectivity index (χ2v) is 6.54. The number of aryl methyl sites for hydroxylation is 2. The first kappa shape index (κ1) is 13.7. The quantitative estimate of drug-likeness (QED) is 0.797. The highest BCUT2D eigenvalue weighted by atomic mass is 32.2. The van der Waals surface area contributed by atoms with Gasteiger partial charge in [0.1, 0.15) is 0 Å². The Morgan fingerprint density at radius 2 is 2.25 bits per heavy atom. The molecule has 1 N–H and O–H groups in total. The number of thioether (sulfide) groups is 1. The maximum Gasteiger partial charge on any atom is 0.173 e. The van der Waals surface area contributed by atoms with Crippen molar-refractivity contribution in [1.29, 1.82) is 0 Å². The van der Waals surface area contributed by atoms with Crippen LogP contribution in [0.15, 0.2) is 6.07 Å². The first-order valence-corrected chi connectivity index (χ1v) is 7.30. The molecule has 1 aromatic heterocycles. The molecule has 0 fully saturated rings. The molecule has 1 rings (SSSR count). The largest absolute Gasteiger partial charge is 0.396 e. The van der Waals surface area contributed by atoms with E-state index in [0.717, 1.165) is 16.2 Å². The van der Waals surface area contributed by atoms with Crippen LogP contribution in [0.3, 0.4) is 0 Å². The molecule has 0 saturated carbocycles. The highest BCUT2D eigenvalue weighted by Gasteiger charge is 2.12. The van der Waals surface area contributed by atoms with E-state index in [4.69, 9.17) is 5.11 Å². The normalized spacial score (nSPS) is 12.8. The van der Waals surface area contributed by atoms with Crippen molar-refractivity contribution >= 4 is 28.9 Å². The second kappa shape index (κ2) is 6.42.